The number of fused-ring (bicyclic) bond motifs is 1. The van der Waals surface area contributed by atoms with Crippen molar-refractivity contribution in [3.05, 3.63) is 47.4 Å². The third-order valence-electron chi connectivity index (χ3n) is 3.52. The summed E-state index contributed by atoms with van der Waals surface area (Å²) in [4.78, 5) is 8.72. The van der Waals surface area contributed by atoms with E-state index in [9.17, 15) is 0 Å². The van der Waals surface area contributed by atoms with Gasteiger partial charge < -0.3 is 5.32 Å². The van der Waals surface area contributed by atoms with Gasteiger partial charge in [0, 0.05) is 16.9 Å². The van der Waals surface area contributed by atoms with Crippen molar-refractivity contribution in [2.45, 2.75) is 31.6 Å². The number of benzene rings is 1. The summed E-state index contributed by atoms with van der Waals surface area (Å²) in [7, 11) is 0. The molecular formula is C15H16ClN3. The van der Waals surface area contributed by atoms with Crippen molar-refractivity contribution in [1.82, 2.24) is 9.97 Å². The highest BCUT2D eigenvalue weighted by Crippen LogP contribution is 2.32. The Labute approximate surface area is 118 Å². The van der Waals surface area contributed by atoms with Gasteiger partial charge >= 0.3 is 0 Å². The second-order valence-electron chi connectivity index (χ2n) is 4.83. The van der Waals surface area contributed by atoms with Gasteiger partial charge in [-0.1, -0.05) is 18.2 Å². The summed E-state index contributed by atoms with van der Waals surface area (Å²) in [6.45, 7) is 1.98. The smallest absolute Gasteiger partial charge is 0.137 e. The summed E-state index contributed by atoms with van der Waals surface area (Å²) < 4.78 is 0. The van der Waals surface area contributed by atoms with Gasteiger partial charge in [0.15, 0.2) is 0 Å². The lowest BCUT2D eigenvalue weighted by atomic mass is 10.1. The maximum Gasteiger partial charge on any atom is 0.137 e. The van der Waals surface area contributed by atoms with Gasteiger partial charge in [0.25, 0.3) is 0 Å². The first-order valence-corrected chi connectivity index (χ1v) is 7.02. The van der Waals surface area contributed by atoms with Crippen LogP contribution in [-0.2, 0) is 12.8 Å². The van der Waals surface area contributed by atoms with E-state index >= 15 is 0 Å². The van der Waals surface area contributed by atoms with E-state index in [2.05, 4.69) is 15.3 Å². The molecule has 3 nitrogen and oxygen atoms in total. The van der Waals surface area contributed by atoms with Gasteiger partial charge in [-0.25, -0.2) is 9.97 Å². The van der Waals surface area contributed by atoms with Crippen LogP contribution in [0.2, 0.25) is 0 Å². The molecule has 0 aliphatic heterocycles. The monoisotopic (exact) mass is 273 g/mol. The molecule has 4 heteroatoms. The number of aryl methyl sites for hydroxylation is 1. The second kappa shape index (κ2) is 5.17. The molecule has 1 aliphatic carbocycles. The quantitative estimate of drug-likeness (QED) is 0.859. The standard InChI is InChI=1S/C15H16ClN3/c1-10(16)11-5-2-3-7-14(11)19-15-12-6-4-8-13(12)17-9-18-15/h2-3,5,7,9-10H,4,6,8H2,1H3,(H,17,18,19). The molecule has 0 spiro atoms. The van der Waals surface area contributed by atoms with E-state index in [0.29, 0.717) is 0 Å². The number of alkyl halides is 1. The van der Waals surface area contributed by atoms with Crippen LogP contribution in [0, 0.1) is 0 Å². The highest BCUT2D eigenvalue weighted by Gasteiger charge is 2.18. The SMILES string of the molecule is CC(Cl)c1ccccc1Nc1ncnc2c1CCC2. The molecule has 0 radical (unpaired) electrons. The molecule has 3 rings (SSSR count). The van der Waals surface area contributed by atoms with Crippen molar-refractivity contribution in [2.75, 3.05) is 5.32 Å². The summed E-state index contributed by atoms with van der Waals surface area (Å²) in [5, 5.41) is 3.39. The van der Waals surface area contributed by atoms with Crippen LogP contribution in [0.4, 0.5) is 11.5 Å². The average Bonchev–Trinajstić information content (AvgIpc) is 2.88. The highest BCUT2D eigenvalue weighted by molar-refractivity contribution is 6.21. The molecule has 1 aromatic carbocycles. The molecule has 1 N–H and O–H groups in total. The fraction of sp³-hybridized carbons (Fsp3) is 0.333. The zero-order valence-corrected chi connectivity index (χ0v) is 11.6. The first kappa shape index (κ1) is 12.4. The summed E-state index contributed by atoms with van der Waals surface area (Å²) in [6.07, 6.45) is 4.91. The number of para-hydroxylation sites is 1. The predicted molar refractivity (Wildman–Crippen MR) is 78.0 cm³/mol. The van der Waals surface area contributed by atoms with Gasteiger partial charge in [-0.2, -0.15) is 0 Å². The maximum atomic E-state index is 6.22. The van der Waals surface area contributed by atoms with Crippen molar-refractivity contribution in [3.63, 3.8) is 0 Å². The normalized spacial score (nSPS) is 15.1. The van der Waals surface area contributed by atoms with Gasteiger partial charge in [0.1, 0.15) is 12.1 Å². The number of anilines is 2. The lowest BCUT2D eigenvalue weighted by Gasteiger charge is -2.14. The first-order chi connectivity index (χ1) is 9.25. The first-order valence-electron chi connectivity index (χ1n) is 6.58. The van der Waals surface area contributed by atoms with E-state index in [4.69, 9.17) is 11.6 Å². The molecule has 0 fully saturated rings. The van der Waals surface area contributed by atoms with Crippen LogP contribution >= 0.6 is 11.6 Å². The molecule has 0 saturated carbocycles. The number of halogens is 1. The number of nitrogens with zero attached hydrogens (tertiary/aromatic N) is 2. The minimum absolute atomic E-state index is 0.0291. The van der Waals surface area contributed by atoms with Crippen LogP contribution in [-0.4, -0.2) is 9.97 Å². The third kappa shape index (κ3) is 2.43. The van der Waals surface area contributed by atoms with E-state index in [1.54, 1.807) is 6.33 Å². The molecule has 0 saturated heterocycles. The Kier molecular flexibility index (Phi) is 3.38. The molecule has 1 heterocycles. The van der Waals surface area contributed by atoms with E-state index in [-0.39, 0.29) is 5.38 Å². The van der Waals surface area contributed by atoms with E-state index < -0.39 is 0 Å². The van der Waals surface area contributed by atoms with Crippen molar-refractivity contribution in [3.8, 4) is 0 Å². The van der Waals surface area contributed by atoms with Gasteiger partial charge in [-0.05, 0) is 37.8 Å². The summed E-state index contributed by atoms with van der Waals surface area (Å²) in [5.41, 5.74) is 4.54. The van der Waals surface area contributed by atoms with Crippen LogP contribution in [0.5, 0.6) is 0 Å². The summed E-state index contributed by atoms with van der Waals surface area (Å²) >= 11 is 6.22. The second-order valence-corrected chi connectivity index (χ2v) is 5.48. The Balaban J connectivity index is 1.96. The summed E-state index contributed by atoms with van der Waals surface area (Å²) in [6, 6.07) is 8.09. The Morgan fingerprint density at radius 3 is 2.89 bits per heavy atom. The number of aromatic nitrogens is 2. The summed E-state index contributed by atoms with van der Waals surface area (Å²) in [5.74, 6) is 0.923. The zero-order valence-electron chi connectivity index (χ0n) is 10.9. The molecule has 1 aromatic heterocycles. The Morgan fingerprint density at radius 2 is 2.05 bits per heavy atom. The minimum Gasteiger partial charge on any atom is -0.340 e. The topological polar surface area (TPSA) is 37.8 Å². The van der Waals surface area contributed by atoms with Gasteiger partial charge in [-0.15, -0.1) is 11.6 Å². The van der Waals surface area contributed by atoms with Crippen LogP contribution in [0.15, 0.2) is 30.6 Å². The van der Waals surface area contributed by atoms with E-state index in [0.717, 1.165) is 36.3 Å². The molecule has 1 aliphatic rings. The average molecular weight is 274 g/mol. The zero-order chi connectivity index (χ0) is 13.2. The predicted octanol–water partition coefficient (Wildman–Crippen LogP) is 4.01. The number of hydrogen-bond acceptors (Lipinski definition) is 3. The largest absolute Gasteiger partial charge is 0.340 e. The van der Waals surface area contributed by atoms with Crippen molar-refractivity contribution in [1.29, 1.82) is 0 Å². The number of nitrogens with one attached hydrogen (secondary N) is 1. The van der Waals surface area contributed by atoms with Crippen molar-refractivity contribution < 1.29 is 0 Å². The molecule has 0 amide bonds. The molecule has 1 atom stereocenters. The van der Waals surface area contributed by atoms with Crippen molar-refractivity contribution in [2.24, 2.45) is 0 Å². The lowest BCUT2D eigenvalue weighted by molar-refractivity contribution is 0.899. The van der Waals surface area contributed by atoms with E-state index in [1.165, 1.54) is 11.3 Å². The van der Waals surface area contributed by atoms with Crippen LogP contribution in [0.3, 0.4) is 0 Å². The van der Waals surface area contributed by atoms with Crippen LogP contribution in [0.25, 0.3) is 0 Å². The van der Waals surface area contributed by atoms with Crippen molar-refractivity contribution >= 4 is 23.1 Å². The van der Waals surface area contributed by atoms with Gasteiger partial charge in [-0.3, -0.25) is 0 Å². The fourth-order valence-electron chi connectivity index (χ4n) is 2.55. The molecule has 0 bridgehead atoms. The van der Waals surface area contributed by atoms with Crippen LogP contribution in [0.1, 0.15) is 35.5 Å². The molecule has 19 heavy (non-hydrogen) atoms. The fourth-order valence-corrected chi connectivity index (χ4v) is 2.74. The van der Waals surface area contributed by atoms with Gasteiger partial charge in [0.2, 0.25) is 0 Å². The van der Waals surface area contributed by atoms with Crippen LogP contribution < -0.4 is 5.32 Å². The Hall–Kier alpha value is -1.61. The minimum atomic E-state index is -0.0291. The number of hydrogen-bond donors (Lipinski definition) is 1. The maximum absolute atomic E-state index is 6.22. The molecule has 1 unspecified atom stereocenters. The Bertz CT molecular complexity index is 596. The molecular weight excluding hydrogens is 258 g/mol. The molecule has 2 aromatic rings. The Morgan fingerprint density at radius 1 is 1.21 bits per heavy atom. The van der Waals surface area contributed by atoms with E-state index in [1.807, 2.05) is 31.2 Å². The molecule has 98 valence electrons. The lowest BCUT2D eigenvalue weighted by Crippen LogP contribution is -2.03. The number of rotatable bonds is 3. The third-order valence-corrected chi connectivity index (χ3v) is 3.75. The highest BCUT2D eigenvalue weighted by atomic mass is 35.5. The van der Waals surface area contributed by atoms with Gasteiger partial charge in [0.05, 0.1) is 5.38 Å².